The maximum absolute atomic E-state index is 15.1. The molecule has 0 aliphatic carbocycles. The lowest BCUT2D eigenvalue weighted by atomic mass is 9.84. The van der Waals surface area contributed by atoms with Gasteiger partial charge in [0.25, 0.3) is 5.60 Å². The minimum absolute atomic E-state index is 0.0606. The number of hydrogen-bond donors (Lipinski definition) is 1. The monoisotopic (exact) mass is 664 g/mol. The Labute approximate surface area is 276 Å². The molecule has 1 unspecified atom stereocenters. The van der Waals surface area contributed by atoms with Crippen molar-refractivity contribution >= 4 is 54.6 Å². The van der Waals surface area contributed by atoms with Gasteiger partial charge in [-0.15, -0.1) is 22.7 Å². The number of alkyl halides is 3. The molecule has 0 saturated heterocycles. The van der Waals surface area contributed by atoms with Gasteiger partial charge < -0.3 is 14.7 Å². The van der Waals surface area contributed by atoms with E-state index < -0.39 is 34.3 Å². The number of halogens is 3. The van der Waals surface area contributed by atoms with Crippen molar-refractivity contribution < 1.29 is 23.0 Å². The first-order chi connectivity index (χ1) is 22.6. The maximum Gasteiger partial charge on any atom is 0.437 e. The Morgan fingerprint density at radius 3 is 2.19 bits per heavy atom. The van der Waals surface area contributed by atoms with Crippen LogP contribution in [-0.2, 0) is 10.3 Å². The van der Waals surface area contributed by atoms with Crippen molar-refractivity contribution in [2.45, 2.75) is 11.8 Å². The number of allylic oxidation sites excluding steroid dienone is 2. The molecule has 0 amide bonds. The molecule has 11 heteroatoms. The molecule has 1 atom stereocenters. The molecule has 232 valence electrons. The van der Waals surface area contributed by atoms with Crippen LogP contribution in [0.4, 0.5) is 18.9 Å². The number of hydrogen-bond acceptors (Lipinski definition) is 8. The molecule has 1 N–H and O–H groups in total. The van der Waals surface area contributed by atoms with E-state index in [9.17, 15) is 20.9 Å². The highest BCUT2D eigenvalue weighted by Crippen LogP contribution is 2.56. The van der Waals surface area contributed by atoms with Gasteiger partial charge in [-0.25, -0.2) is 0 Å². The third-order valence-corrected chi connectivity index (χ3v) is 10.4. The summed E-state index contributed by atoms with van der Waals surface area (Å²) in [6.07, 6.45) is -2.34. The van der Waals surface area contributed by atoms with Gasteiger partial charge in [0.2, 0.25) is 0 Å². The van der Waals surface area contributed by atoms with Gasteiger partial charge in [-0.2, -0.15) is 29.0 Å². The lowest BCUT2D eigenvalue weighted by molar-refractivity contribution is -0.249. The fourth-order valence-corrected chi connectivity index (χ4v) is 7.97. The zero-order valence-electron chi connectivity index (χ0n) is 24.7. The van der Waals surface area contributed by atoms with E-state index in [0.717, 1.165) is 36.3 Å². The number of nitrogens with zero attached hydrogens (tertiary/aromatic N) is 4. The number of aliphatic hydroxyl groups excluding tert-OH is 1. The van der Waals surface area contributed by atoms with E-state index in [1.165, 1.54) is 47.8 Å². The summed E-state index contributed by atoms with van der Waals surface area (Å²) < 4.78 is 52.8. The molecule has 1 aliphatic rings. The minimum atomic E-state index is -5.06. The summed E-state index contributed by atoms with van der Waals surface area (Å²) in [5, 5.41) is 40.2. The Morgan fingerprint density at radius 2 is 1.57 bits per heavy atom. The highest BCUT2D eigenvalue weighted by Gasteiger charge is 2.65. The molecule has 0 radical (unpaired) electrons. The highest BCUT2D eigenvalue weighted by molar-refractivity contribution is 7.29. The number of rotatable bonds is 7. The second-order valence-corrected chi connectivity index (χ2v) is 12.8. The number of anilines is 1. The standard InChI is InChI=1S/C36H23F3N4O2S2/c1-43(15-16-44)27-11-9-22(10-12-27)31-18-24-8-7-23-17-28(46-33(23)34(24)47-31)13-14-30-29(21-42)32(25(19-40)20-41)45-35(30,36(37,38)39)26-5-3-2-4-6-26/h2-14,17-18,44H,15-16H2,1H3/b14-13+. The lowest BCUT2D eigenvalue weighted by Gasteiger charge is -2.33. The van der Waals surface area contributed by atoms with Gasteiger partial charge in [-0.3, -0.25) is 0 Å². The van der Waals surface area contributed by atoms with Crippen molar-refractivity contribution in [3.05, 3.63) is 118 Å². The third-order valence-electron chi connectivity index (χ3n) is 7.90. The molecule has 6 nitrogen and oxygen atoms in total. The topological polar surface area (TPSA) is 104 Å². The van der Waals surface area contributed by atoms with Crippen molar-refractivity contribution in [2.24, 2.45) is 0 Å². The number of fused-ring (bicyclic) bond motifs is 3. The molecule has 3 aromatic carbocycles. The summed E-state index contributed by atoms with van der Waals surface area (Å²) in [6.45, 7) is 0.588. The Hall–Kier alpha value is -5.38. The molecule has 0 saturated carbocycles. The summed E-state index contributed by atoms with van der Waals surface area (Å²) in [5.41, 5.74) is -3.13. The molecule has 0 fully saturated rings. The summed E-state index contributed by atoms with van der Waals surface area (Å²) in [4.78, 5) is 3.67. The zero-order chi connectivity index (χ0) is 33.3. The fourth-order valence-electron chi connectivity index (χ4n) is 5.59. The van der Waals surface area contributed by atoms with Crippen molar-refractivity contribution in [2.75, 3.05) is 25.1 Å². The van der Waals surface area contributed by atoms with Crippen molar-refractivity contribution in [1.29, 1.82) is 15.8 Å². The Balaban J connectivity index is 1.45. The van der Waals surface area contributed by atoms with E-state index in [4.69, 9.17) is 4.74 Å². The zero-order valence-corrected chi connectivity index (χ0v) is 26.3. The number of aliphatic hydroxyl groups is 1. The van der Waals surface area contributed by atoms with Gasteiger partial charge in [0.1, 0.15) is 23.8 Å². The number of thiophene rings is 2. The van der Waals surface area contributed by atoms with Crippen LogP contribution in [0.25, 0.3) is 36.7 Å². The van der Waals surface area contributed by atoms with Crippen LogP contribution in [0.5, 0.6) is 0 Å². The SMILES string of the molecule is CN(CCO)c1ccc(-c2cc3ccc4cc(/C=C/C5=C(C#N)C(=C(C#N)C#N)OC5(c5ccccc5)C(F)(F)F)sc4c3s2)cc1. The van der Waals surface area contributed by atoms with Crippen LogP contribution < -0.4 is 4.90 Å². The minimum Gasteiger partial charge on any atom is -0.465 e. The van der Waals surface area contributed by atoms with Gasteiger partial charge in [0, 0.05) is 40.2 Å². The fraction of sp³-hybridized carbons (Fsp3) is 0.139. The molecular weight excluding hydrogens is 642 g/mol. The summed E-state index contributed by atoms with van der Waals surface area (Å²) >= 11 is 3.03. The third kappa shape index (κ3) is 5.43. The van der Waals surface area contributed by atoms with Crippen molar-refractivity contribution in [3.63, 3.8) is 0 Å². The van der Waals surface area contributed by atoms with Crippen molar-refractivity contribution in [3.8, 4) is 28.6 Å². The van der Waals surface area contributed by atoms with E-state index in [1.807, 2.05) is 54.4 Å². The largest absolute Gasteiger partial charge is 0.465 e. The molecule has 2 aromatic heterocycles. The van der Waals surface area contributed by atoms with Gasteiger partial charge in [-0.1, -0.05) is 60.7 Å². The second-order valence-electron chi connectivity index (χ2n) is 10.7. The smallest absolute Gasteiger partial charge is 0.437 e. The van der Waals surface area contributed by atoms with Gasteiger partial charge in [-0.05, 0) is 46.7 Å². The average molecular weight is 665 g/mol. The number of nitriles is 3. The van der Waals surface area contributed by atoms with Gasteiger partial charge in [0.15, 0.2) is 11.3 Å². The first kappa shape index (κ1) is 31.6. The molecule has 1 aliphatic heterocycles. The number of ether oxygens (including phenoxy) is 1. The Kier molecular flexibility index (Phi) is 8.36. The van der Waals surface area contributed by atoms with E-state index >= 15 is 13.2 Å². The van der Waals surface area contributed by atoms with E-state index in [1.54, 1.807) is 35.6 Å². The van der Waals surface area contributed by atoms with Gasteiger partial charge in [0.05, 0.1) is 16.0 Å². The summed E-state index contributed by atoms with van der Waals surface area (Å²) in [5.74, 6) is -0.699. The van der Waals surface area contributed by atoms with E-state index in [0.29, 0.717) is 11.4 Å². The Morgan fingerprint density at radius 1 is 0.915 bits per heavy atom. The molecule has 47 heavy (non-hydrogen) atoms. The normalized spacial score (nSPS) is 16.3. The van der Waals surface area contributed by atoms with Crippen LogP contribution in [0.3, 0.4) is 0 Å². The summed E-state index contributed by atoms with van der Waals surface area (Å²) in [7, 11) is 1.91. The maximum atomic E-state index is 15.1. The molecule has 5 aromatic rings. The predicted octanol–water partition coefficient (Wildman–Crippen LogP) is 8.83. The molecular formula is C36H23F3N4O2S2. The van der Waals surface area contributed by atoms with Gasteiger partial charge >= 0.3 is 6.18 Å². The second kappa shape index (κ2) is 12.4. The van der Waals surface area contributed by atoms with Crippen LogP contribution in [0.1, 0.15) is 10.4 Å². The molecule has 0 spiro atoms. The van der Waals surface area contributed by atoms with E-state index in [-0.39, 0.29) is 12.2 Å². The van der Waals surface area contributed by atoms with Crippen molar-refractivity contribution in [1.82, 2.24) is 0 Å². The quantitative estimate of drug-likeness (QED) is 0.174. The van der Waals surface area contributed by atoms with E-state index in [2.05, 4.69) is 6.07 Å². The molecule has 3 heterocycles. The lowest BCUT2D eigenvalue weighted by Crippen LogP contribution is -2.43. The van der Waals surface area contributed by atoms with Crippen LogP contribution in [0, 0.1) is 34.0 Å². The number of benzene rings is 3. The predicted molar refractivity (Wildman–Crippen MR) is 178 cm³/mol. The first-order valence-electron chi connectivity index (χ1n) is 14.2. The molecule has 6 rings (SSSR count). The first-order valence-corrected chi connectivity index (χ1v) is 15.9. The molecule has 0 bridgehead atoms. The van der Waals surface area contributed by atoms with Crippen LogP contribution >= 0.6 is 22.7 Å². The highest BCUT2D eigenvalue weighted by atomic mass is 32.1. The van der Waals surface area contributed by atoms with Crippen LogP contribution in [0.15, 0.2) is 107 Å². The van der Waals surface area contributed by atoms with Crippen LogP contribution in [-0.4, -0.2) is 31.5 Å². The summed E-state index contributed by atoms with van der Waals surface area (Å²) in [6, 6.07) is 27.8. The number of likely N-dealkylation sites (N-methyl/N-ethyl adjacent to an activating group) is 1. The Bertz CT molecular complexity index is 2210. The average Bonchev–Trinajstić information content (AvgIpc) is 3.78. The van der Waals surface area contributed by atoms with Crippen LogP contribution in [0.2, 0.25) is 0 Å².